The van der Waals surface area contributed by atoms with Crippen molar-refractivity contribution in [3.05, 3.63) is 0 Å². The quantitative estimate of drug-likeness (QED) is 0.373. The number of rotatable bonds is 6. The summed E-state index contributed by atoms with van der Waals surface area (Å²) in [6, 6.07) is 0. The number of nitrogens with two attached hydrogens (primary N) is 1. The van der Waals surface area contributed by atoms with Gasteiger partial charge in [-0.2, -0.15) is 0 Å². The van der Waals surface area contributed by atoms with Gasteiger partial charge < -0.3 is 29.7 Å². The third-order valence-corrected chi connectivity index (χ3v) is 1.46. The molecule has 0 fully saturated rings. The Labute approximate surface area is 225 Å². The van der Waals surface area contributed by atoms with E-state index in [0.717, 1.165) is 0 Å². The summed E-state index contributed by atoms with van der Waals surface area (Å²) < 4.78 is 0. The normalized spacial score (nSPS) is 9.00. The van der Waals surface area contributed by atoms with E-state index in [2.05, 4.69) is 10.7 Å². The first-order chi connectivity index (χ1) is 6.34. The van der Waals surface area contributed by atoms with Crippen molar-refractivity contribution < 1.29 is 189 Å². The Kier molecular flexibility index (Phi) is 23.7. The molecule has 0 amide bonds. The molecule has 17 heavy (non-hydrogen) atoms. The van der Waals surface area contributed by atoms with Crippen LogP contribution in [0.5, 0.6) is 0 Å². The van der Waals surface area contributed by atoms with E-state index < -0.39 is 36.4 Å². The first-order valence-corrected chi connectivity index (χ1v) is 3.33. The third kappa shape index (κ3) is 11.6. The summed E-state index contributed by atoms with van der Waals surface area (Å²) in [7, 11) is 0. The summed E-state index contributed by atoms with van der Waals surface area (Å²) in [4.78, 5) is 34.5. The van der Waals surface area contributed by atoms with Crippen molar-refractivity contribution in [2.24, 2.45) is 5.90 Å². The molecule has 0 aliphatic carbocycles. The van der Waals surface area contributed by atoms with Crippen LogP contribution in [0.1, 0.15) is 12.8 Å². The molecule has 80 valence electrons. The van der Waals surface area contributed by atoms with Gasteiger partial charge in [-0.3, -0.25) is 4.84 Å². The maximum atomic E-state index is 10.4. The zero-order chi connectivity index (χ0) is 11.4. The van der Waals surface area contributed by atoms with Gasteiger partial charge in [0.1, 0.15) is 5.60 Å². The molecule has 0 atom stereocenters. The zero-order valence-corrected chi connectivity index (χ0v) is 19.2. The van der Waals surface area contributed by atoms with Crippen molar-refractivity contribution in [3.63, 3.8) is 0 Å². The molecule has 8 nitrogen and oxygen atoms in total. The van der Waals surface area contributed by atoms with E-state index in [0.29, 0.717) is 0 Å². The second-order valence-electron chi connectivity index (χ2n) is 2.50. The third-order valence-electron chi connectivity index (χ3n) is 1.46. The van der Waals surface area contributed by atoms with Crippen LogP contribution in [0.2, 0.25) is 0 Å². The first kappa shape index (κ1) is 28.4. The molecule has 11 heteroatoms. The van der Waals surface area contributed by atoms with Gasteiger partial charge in [0, 0.05) is 24.8 Å². The van der Waals surface area contributed by atoms with Crippen molar-refractivity contribution in [1.82, 2.24) is 0 Å². The molecule has 0 unspecified atom stereocenters. The molecule has 0 saturated heterocycles. The van der Waals surface area contributed by atoms with Crippen molar-refractivity contribution >= 4 is 17.9 Å². The van der Waals surface area contributed by atoms with Crippen LogP contribution >= 0.6 is 0 Å². The summed E-state index contributed by atoms with van der Waals surface area (Å²) >= 11 is 0. The summed E-state index contributed by atoms with van der Waals surface area (Å²) in [6.07, 6.45) is -2.47. The van der Waals surface area contributed by atoms with Gasteiger partial charge in [0.15, 0.2) is 0 Å². The SMILES string of the molecule is NOC(CC(=O)[O-])(CC(=O)[O-])C(=O)[O-].[K+].[K+].[K+]. The van der Waals surface area contributed by atoms with E-state index in [4.69, 9.17) is 0 Å². The van der Waals surface area contributed by atoms with E-state index >= 15 is 0 Å². The molecular weight excluding hydrogens is 315 g/mol. The second-order valence-corrected chi connectivity index (χ2v) is 2.50. The minimum Gasteiger partial charge on any atom is -0.550 e. The molecule has 0 aromatic rings. The fourth-order valence-corrected chi connectivity index (χ4v) is 0.805. The summed E-state index contributed by atoms with van der Waals surface area (Å²) in [5, 5.41) is 30.6. The van der Waals surface area contributed by atoms with Crippen LogP contribution in [0.25, 0.3) is 0 Å². The maximum Gasteiger partial charge on any atom is 1.00 e. The Balaban J connectivity index is -0.000000282. The van der Waals surface area contributed by atoms with Crippen LogP contribution in [0, 0.1) is 0 Å². The minimum atomic E-state index is -2.66. The Morgan fingerprint density at radius 1 is 0.941 bits per heavy atom. The number of carboxylic acids is 3. The largest absolute Gasteiger partial charge is 1.00 e. The summed E-state index contributed by atoms with van der Waals surface area (Å²) in [6.45, 7) is 0. The first-order valence-electron chi connectivity index (χ1n) is 3.33. The molecule has 0 bridgehead atoms. The number of carbonyl (C=O) groups is 3. The number of hydrogen-bond donors (Lipinski definition) is 1. The van der Waals surface area contributed by atoms with E-state index in [-0.39, 0.29) is 154 Å². The van der Waals surface area contributed by atoms with Gasteiger partial charge in [0.05, 0.1) is 5.97 Å². The van der Waals surface area contributed by atoms with Gasteiger partial charge in [0.2, 0.25) is 0 Å². The van der Waals surface area contributed by atoms with Crippen LogP contribution in [-0.2, 0) is 19.2 Å². The maximum absolute atomic E-state index is 10.4. The Morgan fingerprint density at radius 3 is 1.35 bits per heavy atom. The molecule has 0 aromatic heterocycles. The zero-order valence-electron chi connectivity index (χ0n) is 9.85. The minimum absolute atomic E-state index is 0. The van der Waals surface area contributed by atoms with Gasteiger partial charge in [0.25, 0.3) is 0 Å². The number of hydrogen-bond acceptors (Lipinski definition) is 8. The standard InChI is InChI=1S/C6H9NO7.3K/c7-14-6(5(12)13,1-3(8)9)2-4(10)11;;;/h1-2,7H2,(H,8,9)(H,10,11)(H,12,13);;;/q;3*+1/p-3. The van der Waals surface area contributed by atoms with E-state index in [1.54, 1.807) is 0 Å². The molecule has 0 rings (SSSR count). The van der Waals surface area contributed by atoms with E-state index in [1.807, 2.05) is 0 Å². The molecule has 0 aliphatic rings. The van der Waals surface area contributed by atoms with Crippen LogP contribution in [0.15, 0.2) is 0 Å². The van der Waals surface area contributed by atoms with Gasteiger partial charge in [-0.1, -0.05) is 0 Å². The fraction of sp³-hybridized carbons (Fsp3) is 0.500. The van der Waals surface area contributed by atoms with Gasteiger partial charge in [-0.25, -0.2) is 5.90 Å². The summed E-state index contributed by atoms with van der Waals surface area (Å²) in [5.41, 5.74) is -2.66. The average Bonchev–Trinajstić information content (AvgIpc) is 2.00. The molecule has 2 N–H and O–H groups in total. The molecule has 0 heterocycles. The molecule has 0 radical (unpaired) electrons. The van der Waals surface area contributed by atoms with E-state index in [9.17, 15) is 29.7 Å². The molecule has 0 saturated carbocycles. The Morgan fingerprint density at radius 2 is 1.24 bits per heavy atom. The van der Waals surface area contributed by atoms with Crippen LogP contribution in [0.3, 0.4) is 0 Å². The smallest absolute Gasteiger partial charge is 0.550 e. The van der Waals surface area contributed by atoms with Crippen molar-refractivity contribution in [3.8, 4) is 0 Å². The van der Waals surface area contributed by atoms with E-state index in [1.165, 1.54) is 0 Å². The van der Waals surface area contributed by atoms with Gasteiger partial charge >= 0.3 is 154 Å². The molecular formula is C6H6K3NO7. The summed E-state index contributed by atoms with van der Waals surface area (Å²) in [5.74, 6) is -1.22. The topological polar surface area (TPSA) is 156 Å². The Bertz CT molecular complexity index is 256. The van der Waals surface area contributed by atoms with Crippen molar-refractivity contribution in [2.45, 2.75) is 18.4 Å². The molecule has 0 aromatic carbocycles. The monoisotopic (exact) mass is 321 g/mol. The predicted molar refractivity (Wildman–Crippen MR) is 32.3 cm³/mol. The van der Waals surface area contributed by atoms with Crippen LogP contribution < -0.4 is 175 Å². The fourth-order valence-electron chi connectivity index (χ4n) is 0.805. The average molecular weight is 321 g/mol. The van der Waals surface area contributed by atoms with Crippen LogP contribution in [-0.4, -0.2) is 23.5 Å². The molecule has 0 spiro atoms. The molecule has 0 aliphatic heterocycles. The second kappa shape index (κ2) is 14.2. The van der Waals surface area contributed by atoms with Crippen molar-refractivity contribution in [1.29, 1.82) is 0 Å². The Hall–Kier alpha value is 3.24. The number of carboxylic acid groups (broad SMARTS) is 3. The number of aliphatic carboxylic acids is 3. The van der Waals surface area contributed by atoms with Crippen LogP contribution in [0.4, 0.5) is 0 Å². The van der Waals surface area contributed by atoms with Gasteiger partial charge in [-0.15, -0.1) is 0 Å². The van der Waals surface area contributed by atoms with Gasteiger partial charge in [-0.05, 0) is 0 Å². The predicted octanol–water partition coefficient (Wildman–Crippen LogP) is -14.3. The number of carbonyl (C=O) groups excluding carboxylic acids is 3. The van der Waals surface area contributed by atoms with Crippen molar-refractivity contribution in [2.75, 3.05) is 0 Å².